The standard InChI is InChI=1S/C14H19F3N2O.ClH/c1-10(19-8-2-3-12(18)9-19)11-4-6-13(7-5-11)20-14(15,16)17;/h4-7,10,12H,2-3,8-9,18H2,1H3;1H. The Balaban J connectivity index is 0.00000220. The van der Waals surface area contributed by atoms with Crippen molar-refractivity contribution in [2.45, 2.75) is 38.2 Å². The SMILES string of the molecule is CC(c1ccc(OC(F)(F)F)cc1)N1CCCC(N)C1.Cl. The molecule has 2 atom stereocenters. The molecule has 1 aliphatic heterocycles. The van der Waals surface area contributed by atoms with Crippen molar-refractivity contribution in [3.63, 3.8) is 0 Å². The van der Waals surface area contributed by atoms with Gasteiger partial charge in [0.2, 0.25) is 0 Å². The Morgan fingerprint density at radius 1 is 1.29 bits per heavy atom. The zero-order chi connectivity index (χ0) is 14.8. The Morgan fingerprint density at radius 2 is 1.90 bits per heavy atom. The first-order valence-corrected chi connectivity index (χ1v) is 6.70. The number of hydrogen-bond acceptors (Lipinski definition) is 3. The highest BCUT2D eigenvalue weighted by molar-refractivity contribution is 5.85. The van der Waals surface area contributed by atoms with Crippen molar-refractivity contribution in [2.24, 2.45) is 5.73 Å². The summed E-state index contributed by atoms with van der Waals surface area (Å²) >= 11 is 0. The van der Waals surface area contributed by atoms with E-state index in [4.69, 9.17) is 5.73 Å². The molecular formula is C14H20ClF3N2O. The lowest BCUT2D eigenvalue weighted by Crippen LogP contribution is -2.43. The first kappa shape index (κ1) is 18.1. The maximum Gasteiger partial charge on any atom is 0.573 e. The van der Waals surface area contributed by atoms with Crippen molar-refractivity contribution >= 4 is 12.4 Å². The number of benzene rings is 1. The number of halogens is 4. The molecule has 0 amide bonds. The van der Waals surface area contributed by atoms with Crippen LogP contribution in [0.3, 0.4) is 0 Å². The first-order chi connectivity index (χ1) is 9.35. The van der Waals surface area contributed by atoms with Crippen LogP contribution in [-0.4, -0.2) is 30.4 Å². The molecule has 1 heterocycles. The van der Waals surface area contributed by atoms with Crippen LogP contribution in [0, 0.1) is 0 Å². The van der Waals surface area contributed by atoms with Crippen LogP contribution >= 0.6 is 12.4 Å². The molecule has 0 radical (unpaired) electrons. The van der Waals surface area contributed by atoms with E-state index < -0.39 is 6.36 Å². The molecular weight excluding hydrogens is 305 g/mol. The van der Waals surface area contributed by atoms with Crippen LogP contribution in [0.25, 0.3) is 0 Å². The summed E-state index contributed by atoms with van der Waals surface area (Å²) in [4.78, 5) is 2.26. The summed E-state index contributed by atoms with van der Waals surface area (Å²) in [5.74, 6) is -0.191. The second-order valence-electron chi connectivity index (χ2n) is 5.19. The van der Waals surface area contributed by atoms with E-state index in [1.54, 1.807) is 12.1 Å². The number of piperidine rings is 1. The smallest absolute Gasteiger partial charge is 0.406 e. The molecule has 1 saturated heterocycles. The summed E-state index contributed by atoms with van der Waals surface area (Å²) < 4.78 is 40.1. The third-order valence-corrected chi connectivity index (χ3v) is 3.63. The molecule has 0 spiro atoms. The highest BCUT2D eigenvalue weighted by atomic mass is 35.5. The number of nitrogens with zero attached hydrogens (tertiary/aromatic N) is 1. The van der Waals surface area contributed by atoms with Crippen molar-refractivity contribution in [2.75, 3.05) is 13.1 Å². The second kappa shape index (κ2) is 7.33. The van der Waals surface area contributed by atoms with Crippen molar-refractivity contribution in [3.8, 4) is 5.75 Å². The Morgan fingerprint density at radius 3 is 2.43 bits per heavy atom. The van der Waals surface area contributed by atoms with E-state index >= 15 is 0 Å². The minimum absolute atomic E-state index is 0. The summed E-state index contributed by atoms with van der Waals surface area (Å²) in [6.45, 7) is 3.83. The predicted octanol–water partition coefficient (Wildman–Crippen LogP) is 3.49. The van der Waals surface area contributed by atoms with Gasteiger partial charge < -0.3 is 10.5 Å². The molecule has 2 N–H and O–H groups in total. The number of rotatable bonds is 3. The van der Waals surface area contributed by atoms with Gasteiger partial charge in [0.05, 0.1) is 0 Å². The molecule has 2 rings (SSSR count). The molecule has 1 fully saturated rings. The summed E-state index contributed by atoms with van der Waals surface area (Å²) in [6, 6.07) is 6.37. The number of ether oxygens (including phenoxy) is 1. The maximum atomic E-state index is 12.1. The monoisotopic (exact) mass is 324 g/mol. The van der Waals surface area contributed by atoms with Crippen LogP contribution in [0.1, 0.15) is 31.4 Å². The van der Waals surface area contributed by atoms with E-state index in [1.807, 2.05) is 6.92 Å². The van der Waals surface area contributed by atoms with Gasteiger partial charge in [0, 0.05) is 18.6 Å². The van der Waals surface area contributed by atoms with Crippen LogP contribution < -0.4 is 10.5 Å². The Kier molecular flexibility index (Phi) is 6.31. The highest BCUT2D eigenvalue weighted by Crippen LogP contribution is 2.27. The molecule has 1 aromatic carbocycles. The van der Waals surface area contributed by atoms with Gasteiger partial charge >= 0.3 is 6.36 Å². The van der Waals surface area contributed by atoms with E-state index in [0.29, 0.717) is 0 Å². The van der Waals surface area contributed by atoms with Gasteiger partial charge in [-0.05, 0) is 44.0 Å². The van der Waals surface area contributed by atoms with E-state index in [1.165, 1.54) is 12.1 Å². The molecule has 2 unspecified atom stereocenters. The van der Waals surface area contributed by atoms with E-state index in [0.717, 1.165) is 31.5 Å². The molecule has 1 aliphatic rings. The van der Waals surface area contributed by atoms with Gasteiger partial charge in [0.1, 0.15) is 5.75 Å². The minimum atomic E-state index is -4.65. The Hall–Kier alpha value is -0.980. The summed E-state index contributed by atoms with van der Waals surface area (Å²) in [7, 11) is 0. The third-order valence-electron chi connectivity index (χ3n) is 3.63. The van der Waals surface area contributed by atoms with E-state index in [2.05, 4.69) is 9.64 Å². The first-order valence-electron chi connectivity index (χ1n) is 6.70. The molecule has 7 heteroatoms. The van der Waals surface area contributed by atoms with Gasteiger partial charge in [-0.1, -0.05) is 12.1 Å². The quantitative estimate of drug-likeness (QED) is 0.925. The molecule has 0 bridgehead atoms. The van der Waals surface area contributed by atoms with Crippen molar-refractivity contribution in [1.29, 1.82) is 0 Å². The van der Waals surface area contributed by atoms with Crippen molar-refractivity contribution in [1.82, 2.24) is 4.90 Å². The van der Waals surface area contributed by atoms with Gasteiger partial charge in [0.25, 0.3) is 0 Å². The zero-order valence-electron chi connectivity index (χ0n) is 11.8. The summed E-state index contributed by atoms with van der Waals surface area (Å²) in [5.41, 5.74) is 6.91. The van der Waals surface area contributed by atoms with Crippen LogP contribution in [0.5, 0.6) is 5.75 Å². The van der Waals surface area contributed by atoms with Crippen LogP contribution in [0.15, 0.2) is 24.3 Å². The zero-order valence-corrected chi connectivity index (χ0v) is 12.6. The second-order valence-corrected chi connectivity index (χ2v) is 5.19. The maximum absolute atomic E-state index is 12.1. The Bertz CT molecular complexity index is 439. The fraction of sp³-hybridized carbons (Fsp3) is 0.571. The van der Waals surface area contributed by atoms with Crippen molar-refractivity contribution in [3.05, 3.63) is 29.8 Å². The fourth-order valence-corrected chi connectivity index (χ4v) is 2.55. The van der Waals surface area contributed by atoms with Crippen LogP contribution in [0.2, 0.25) is 0 Å². The molecule has 0 aliphatic carbocycles. The predicted molar refractivity (Wildman–Crippen MR) is 77.6 cm³/mol. The van der Waals surface area contributed by atoms with Crippen molar-refractivity contribution < 1.29 is 17.9 Å². The van der Waals surface area contributed by atoms with E-state index in [-0.39, 0.29) is 30.2 Å². The lowest BCUT2D eigenvalue weighted by molar-refractivity contribution is -0.274. The van der Waals surface area contributed by atoms with Crippen LogP contribution in [0.4, 0.5) is 13.2 Å². The Labute approximate surface area is 128 Å². The van der Waals surface area contributed by atoms with Gasteiger partial charge in [-0.15, -0.1) is 25.6 Å². The normalized spacial score (nSPS) is 21.5. The minimum Gasteiger partial charge on any atom is -0.406 e. The van der Waals surface area contributed by atoms with E-state index in [9.17, 15) is 13.2 Å². The highest BCUT2D eigenvalue weighted by Gasteiger charge is 2.31. The lowest BCUT2D eigenvalue weighted by Gasteiger charge is -2.35. The largest absolute Gasteiger partial charge is 0.573 e. The fourth-order valence-electron chi connectivity index (χ4n) is 2.55. The topological polar surface area (TPSA) is 38.5 Å². The lowest BCUT2D eigenvalue weighted by atomic mass is 10.0. The molecule has 0 saturated carbocycles. The summed E-state index contributed by atoms with van der Waals surface area (Å²) in [5, 5.41) is 0. The molecule has 21 heavy (non-hydrogen) atoms. The van der Waals surface area contributed by atoms with Gasteiger partial charge in [0.15, 0.2) is 0 Å². The van der Waals surface area contributed by atoms with Crippen LogP contribution in [-0.2, 0) is 0 Å². The number of nitrogens with two attached hydrogens (primary N) is 1. The number of likely N-dealkylation sites (tertiary alicyclic amines) is 1. The van der Waals surface area contributed by atoms with Gasteiger partial charge in [-0.25, -0.2) is 0 Å². The molecule has 0 aromatic heterocycles. The average molecular weight is 325 g/mol. The number of alkyl halides is 3. The molecule has 1 aromatic rings. The summed E-state index contributed by atoms with van der Waals surface area (Å²) in [6.07, 6.45) is -2.56. The van der Waals surface area contributed by atoms with Gasteiger partial charge in [-0.2, -0.15) is 0 Å². The third kappa shape index (κ3) is 5.37. The average Bonchev–Trinajstić information content (AvgIpc) is 2.37. The van der Waals surface area contributed by atoms with Gasteiger partial charge in [-0.3, -0.25) is 4.90 Å². The number of hydrogen-bond donors (Lipinski definition) is 1. The molecule has 3 nitrogen and oxygen atoms in total. The molecule has 120 valence electrons.